The maximum atomic E-state index is 13.1. The van der Waals surface area contributed by atoms with Crippen molar-refractivity contribution in [1.29, 1.82) is 0 Å². The summed E-state index contributed by atoms with van der Waals surface area (Å²) in [7, 11) is 0. The largest absolute Gasteiger partial charge is 0.416 e. The number of hydrogen-bond acceptors (Lipinski definition) is 2. The fourth-order valence-electron chi connectivity index (χ4n) is 4.08. The van der Waals surface area contributed by atoms with Gasteiger partial charge in [0.25, 0.3) is 0 Å². The predicted molar refractivity (Wildman–Crippen MR) is 81.1 cm³/mol. The van der Waals surface area contributed by atoms with Crippen LogP contribution in [0.3, 0.4) is 0 Å². The number of carbonyl (C=O) groups excluding carboxylic acids is 1. The highest BCUT2D eigenvalue weighted by molar-refractivity contribution is 5.94. The second-order valence-corrected chi connectivity index (χ2v) is 6.51. The molecule has 1 aliphatic heterocycles. The molecule has 1 amide bonds. The number of benzene rings is 1. The van der Waals surface area contributed by atoms with E-state index in [0.29, 0.717) is 5.56 Å². The maximum Gasteiger partial charge on any atom is 0.416 e. The van der Waals surface area contributed by atoms with E-state index in [1.165, 1.54) is 6.07 Å². The van der Waals surface area contributed by atoms with Crippen molar-refractivity contribution in [2.45, 2.75) is 50.2 Å². The van der Waals surface area contributed by atoms with Crippen molar-refractivity contribution < 1.29 is 18.0 Å². The SMILES string of the molecule is NC(=O)c1ccc(C(F)(F)F)cc1C1CCCC1N1CCCC1. The van der Waals surface area contributed by atoms with Gasteiger partial charge in [0.05, 0.1) is 5.56 Å². The minimum atomic E-state index is -4.41. The molecule has 2 unspecified atom stereocenters. The van der Waals surface area contributed by atoms with Crippen molar-refractivity contribution in [3.63, 3.8) is 0 Å². The van der Waals surface area contributed by atoms with Gasteiger partial charge in [0.2, 0.25) is 5.91 Å². The van der Waals surface area contributed by atoms with Crippen LogP contribution in [0.2, 0.25) is 0 Å². The molecule has 2 aliphatic rings. The Bertz CT molecular complexity index is 594. The molecule has 6 heteroatoms. The van der Waals surface area contributed by atoms with E-state index < -0.39 is 17.6 Å². The molecule has 23 heavy (non-hydrogen) atoms. The van der Waals surface area contributed by atoms with Gasteiger partial charge < -0.3 is 5.73 Å². The summed E-state index contributed by atoms with van der Waals surface area (Å²) >= 11 is 0. The highest BCUT2D eigenvalue weighted by atomic mass is 19.4. The number of nitrogens with two attached hydrogens (primary N) is 1. The Morgan fingerprint density at radius 2 is 1.83 bits per heavy atom. The summed E-state index contributed by atoms with van der Waals surface area (Å²) in [4.78, 5) is 14.1. The van der Waals surface area contributed by atoms with Crippen LogP contribution in [0.15, 0.2) is 18.2 Å². The first-order valence-corrected chi connectivity index (χ1v) is 8.13. The third-order valence-corrected chi connectivity index (χ3v) is 5.13. The molecule has 0 spiro atoms. The van der Waals surface area contributed by atoms with Crippen LogP contribution < -0.4 is 5.73 Å². The number of hydrogen-bond donors (Lipinski definition) is 1. The zero-order valence-electron chi connectivity index (χ0n) is 12.9. The number of halogens is 3. The lowest BCUT2D eigenvalue weighted by molar-refractivity contribution is -0.137. The van der Waals surface area contributed by atoms with E-state index in [1.54, 1.807) is 0 Å². The van der Waals surface area contributed by atoms with Crippen LogP contribution in [-0.4, -0.2) is 29.9 Å². The van der Waals surface area contributed by atoms with Gasteiger partial charge in [-0.15, -0.1) is 0 Å². The normalized spacial score (nSPS) is 25.9. The smallest absolute Gasteiger partial charge is 0.366 e. The Morgan fingerprint density at radius 1 is 1.13 bits per heavy atom. The second kappa shape index (κ2) is 6.15. The fraction of sp³-hybridized carbons (Fsp3) is 0.588. The van der Waals surface area contributed by atoms with Crippen molar-refractivity contribution in [3.05, 3.63) is 34.9 Å². The van der Waals surface area contributed by atoms with Crippen molar-refractivity contribution in [2.24, 2.45) is 5.73 Å². The van der Waals surface area contributed by atoms with Gasteiger partial charge in [-0.05, 0) is 62.5 Å². The van der Waals surface area contributed by atoms with E-state index in [4.69, 9.17) is 5.73 Å². The third kappa shape index (κ3) is 3.22. The molecule has 1 saturated heterocycles. The minimum Gasteiger partial charge on any atom is -0.366 e. The molecule has 0 radical (unpaired) electrons. The first-order chi connectivity index (χ1) is 10.9. The molecule has 1 aromatic rings. The summed E-state index contributed by atoms with van der Waals surface area (Å²) in [5.74, 6) is -0.696. The molecular formula is C17H21F3N2O. The van der Waals surface area contributed by atoms with Crippen LogP contribution in [-0.2, 0) is 6.18 Å². The molecule has 3 rings (SSSR count). The molecule has 126 valence electrons. The van der Waals surface area contributed by atoms with Gasteiger partial charge in [-0.1, -0.05) is 6.42 Å². The topological polar surface area (TPSA) is 46.3 Å². The Morgan fingerprint density at radius 3 is 2.43 bits per heavy atom. The third-order valence-electron chi connectivity index (χ3n) is 5.13. The zero-order chi connectivity index (χ0) is 16.6. The molecular weight excluding hydrogens is 305 g/mol. The van der Waals surface area contributed by atoms with Gasteiger partial charge in [0.15, 0.2) is 0 Å². The number of alkyl halides is 3. The number of nitrogens with zero attached hydrogens (tertiary/aromatic N) is 1. The van der Waals surface area contributed by atoms with Crippen LogP contribution in [0.4, 0.5) is 13.2 Å². The van der Waals surface area contributed by atoms with E-state index in [0.717, 1.165) is 57.3 Å². The van der Waals surface area contributed by atoms with Gasteiger partial charge in [-0.3, -0.25) is 9.69 Å². The molecule has 2 N–H and O–H groups in total. The average Bonchev–Trinajstić information content (AvgIpc) is 3.16. The summed E-state index contributed by atoms with van der Waals surface area (Å²) in [5, 5.41) is 0. The molecule has 1 saturated carbocycles. The Balaban J connectivity index is 2.00. The summed E-state index contributed by atoms with van der Waals surface area (Å²) < 4.78 is 39.2. The second-order valence-electron chi connectivity index (χ2n) is 6.51. The molecule has 2 atom stereocenters. The van der Waals surface area contributed by atoms with E-state index in [-0.39, 0.29) is 17.5 Å². The molecule has 1 heterocycles. The van der Waals surface area contributed by atoms with Gasteiger partial charge in [-0.2, -0.15) is 13.2 Å². The van der Waals surface area contributed by atoms with E-state index in [2.05, 4.69) is 4.90 Å². The lowest BCUT2D eigenvalue weighted by atomic mass is 9.87. The molecule has 0 aromatic heterocycles. The lowest BCUT2D eigenvalue weighted by Gasteiger charge is -2.30. The van der Waals surface area contributed by atoms with Crippen molar-refractivity contribution >= 4 is 5.91 Å². The van der Waals surface area contributed by atoms with Gasteiger partial charge in [0, 0.05) is 17.5 Å². The number of carbonyl (C=O) groups is 1. The van der Waals surface area contributed by atoms with Crippen LogP contribution in [0.5, 0.6) is 0 Å². The number of amides is 1. The predicted octanol–water partition coefficient (Wildman–Crippen LogP) is 3.54. The summed E-state index contributed by atoms with van der Waals surface area (Å²) in [6.45, 7) is 1.98. The molecule has 0 bridgehead atoms. The quantitative estimate of drug-likeness (QED) is 0.923. The van der Waals surface area contributed by atoms with Gasteiger partial charge in [-0.25, -0.2) is 0 Å². The molecule has 1 aromatic carbocycles. The highest BCUT2D eigenvalue weighted by Gasteiger charge is 2.38. The van der Waals surface area contributed by atoms with Crippen molar-refractivity contribution in [3.8, 4) is 0 Å². The Kier molecular flexibility index (Phi) is 4.36. The highest BCUT2D eigenvalue weighted by Crippen LogP contribution is 2.42. The Hall–Kier alpha value is -1.56. The summed E-state index contributed by atoms with van der Waals surface area (Å²) in [5.41, 5.74) is 5.41. The lowest BCUT2D eigenvalue weighted by Crippen LogP contribution is -2.35. The zero-order valence-corrected chi connectivity index (χ0v) is 12.9. The summed E-state index contributed by atoms with van der Waals surface area (Å²) in [6, 6.07) is 3.54. The van der Waals surface area contributed by atoms with Crippen LogP contribution in [0.25, 0.3) is 0 Å². The molecule has 2 fully saturated rings. The number of likely N-dealkylation sites (tertiary alicyclic amines) is 1. The van der Waals surface area contributed by atoms with Gasteiger partial charge in [0.1, 0.15) is 0 Å². The van der Waals surface area contributed by atoms with E-state index in [1.807, 2.05) is 0 Å². The van der Waals surface area contributed by atoms with E-state index in [9.17, 15) is 18.0 Å². The monoisotopic (exact) mass is 326 g/mol. The molecule has 1 aliphatic carbocycles. The first kappa shape index (κ1) is 16.3. The van der Waals surface area contributed by atoms with Crippen LogP contribution >= 0.6 is 0 Å². The van der Waals surface area contributed by atoms with E-state index >= 15 is 0 Å². The van der Waals surface area contributed by atoms with Crippen molar-refractivity contribution in [1.82, 2.24) is 4.90 Å². The summed E-state index contributed by atoms with van der Waals surface area (Å²) in [6.07, 6.45) is 0.609. The average molecular weight is 326 g/mol. The first-order valence-electron chi connectivity index (χ1n) is 8.13. The number of rotatable bonds is 3. The van der Waals surface area contributed by atoms with Crippen LogP contribution in [0.1, 0.15) is 59.5 Å². The van der Waals surface area contributed by atoms with Crippen molar-refractivity contribution in [2.75, 3.05) is 13.1 Å². The van der Waals surface area contributed by atoms with Gasteiger partial charge >= 0.3 is 6.18 Å². The minimum absolute atomic E-state index is 0.0436. The van der Waals surface area contributed by atoms with Crippen LogP contribution in [0, 0.1) is 0 Å². The molecule has 3 nitrogen and oxygen atoms in total. The standard InChI is InChI=1S/C17H21F3N2O/c18-17(19,20)11-6-7-13(16(21)23)14(10-11)12-4-3-5-15(12)22-8-1-2-9-22/h6-7,10,12,15H,1-5,8-9H2,(H2,21,23). The maximum absolute atomic E-state index is 13.1. The Labute approximate surface area is 133 Å². The number of primary amides is 1. The fourth-order valence-corrected chi connectivity index (χ4v) is 4.08.